The Morgan fingerprint density at radius 3 is 2.63 bits per heavy atom. The first-order valence-electron chi connectivity index (χ1n) is 6.36. The standard InChI is InChI=1S/C14H22N2O3/c1-10(2)15-7-11-5-6-12(8-16-11)19-9-14(3,4)13(17)18/h5-6,8,10,15H,7,9H2,1-4H3,(H,17,18). The first kappa shape index (κ1) is 15.4. The molecule has 0 spiro atoms. The summed E-state index contributed by atoms with van der Waals surface area (Å²) in [5.41, 5.74) is 0.0243. The third kappa shape index (κ3) is 5.26. The average molecular weight is 266 g/mol. The van der Waals surface area contributed by atoms with Crippen LogP contribution in [-0.4, -0.2) is 28.7 Å². The molecule has 1 aromatic rings. The van der Waals surface area contributed by atoms with Gasteiger partial charge in [0.25, 0.3) is 0 Å². The fourth-order valence-electron chi connectivity index (χ4n) is 1.24. The van der Waals surface area contributed by atoms with Crippen molar-refractivity contribution in [1.82, 2.24) is 10.3 Å². The van der Waals surface area contributed by atoms with Crippen molar-refractivity contribution >= 4 is 5.97 Å². The number of hydrogen-bond donors (Lipinski definition) is 2. The van der Waals surface area contributed by atoms with Gasteiger partial charge in [-0.05, 0) is 26.0 Å². The highest BCUT2D eigenvalue weighted by molar-refractivity contribution is 5.73. The molecule has 19 heavy (non-hydrogen) atoms. The van der Waals surface area contributed by atoms with Crippen LogP contribution in [0.1, 0.15) is 33.4 Å². The molecule has 0 atom stereocenters. The Labute approximate surface area is 114 Å². The second kappa shape index (κ2) is 6.52. The molecule has 0 saturated heterocycles. The van der Waals surface area contributed by atoms with Crippen LogP contribution in [0.15, 0.2) is 18.3 Å². The van der Waals surface area contributed by atoms with Crippen molar-refractivity contribution in [1.29, 1.82) is 0 Å². The molecule has 5 nitrogen and oxygen atoms in total. The van der Waals surface area contributed by atoms with E-state index in [0.717, 1.165) is 5.69 Å². The van der Waals surface area contributed by atoms with Crippen molar-refractivity contribution < 1.29 is 14.6 Å². The zero-order valence-corrected chi connectivity index (χ0v) is 11.9. The van der Waals surface area contributed by atoms with Crippen molar-refractivity contribution in [3.05, 3.63) is 24.0 Å². The van der Waals surface area contributed by atoms with Gasteiger partial charge in [-0.25, -0.2) is 0 Å². The number of carboxylic acids is 1. The van der Waals surface area contributed by atoms with Gasteiger partial charge in [-0.3, -0.25) is 9.78 Å². The van der Waals surface area contributed by atoms with Gasteiger partial charge >= 0.3 is 5.97 Å². The van der Waals surface area contributed by atoms with Crippen LogP contribution in [0.2, 0.25) is 0 Å². The fourth-order valence-corrected chi connectivity index (χ4v) is 1.24. The molecule has 0 aromatic carbocycles. The zero-order chi connectivity index (χ0) is 14.5. The van der Waals surface area contributed by atoms with Crippen LogP contribution < -0.4 is 10.1 Å². The lowest BCUT2D eigenvalue weighted by atomic mass is 9.95. The lowest BCUT2D eigenvalue weighted by Gasteiger charge is -2.19. The Kier molecular flexibility index (Phi) is 5.30. The van der Waals surface area contributed by atoms with Crippen molar-refractivity contribution in [3.8, 4) is 5.75 Å². The molecule has 0 aliphatic rings. The number of ether oxygens (including phenoxy) is 1. The summed E-state index contributed by atoms with van der Waals surface area (Å²) < 4.78 is 5.45. The maximum absolute atomic E-state index is 10.9. The Morgan fingerprint density at radius 2 is 2.16 bits per heavy atom. The van der Waals surface area contributed by atoms with E-state index in [4.69, 9.17) is 9.84 Å². The Bertz CT molecular complexity index is 413. The number of aromatic nitrogens is 1. The number of hydrogen-bond acceptors (Lipinski definition) is 4. The van der Waals surface area contributed by atoms with Gasteiger partial charge < -0.3 is 15.2 Å². The highest BCUT2D eigenvalue weighted by Crippen LogP contribution is 2.18. The molecule has 5 heteroatoms. The molecule has 2 N–H and O–H groups in total. The van der Waals surface area contributed by atoms with Gasteiger partial charge in [0.1, 0.15) is 12.4 Å². The van der Waals surface area contributed by atoms with Crippen LogP contribution in [-0.2, 0) is 11.3 Å². The minimum Gasteiger partial charge on any atom is -0.491 e. The molecular formula is C14H22N2O3. The SMILES string of the molecule is CC(C)NCc1ccc(OCC(C)(C)C(=O)O)cn1. The molecular weight excluding hydrogens is 244 g/mol. The van der Waals surface area contributed by atoms with Gasteiger partial charge in [0.05, 0.1) is 17.3 Å². The van der Waals surface area contributed by atoms with E-state index in [2.05, 4.69) is 24.1 Å². The predicted molar refractivity (Wildman–Crippen MR) is 73.1 cm³/mol. The van der Waals surface area contributed by atoms with Gasteiger partial charge in [-0.1, -0.05) is 13.8 Å². The summed E-state index contributed by atoms with van der Waals surface area (Å²) in [6.45, 7) is 8.23. The van der Waals surface area contributed by atoms with Crippen molar-refractivity contribution in [2.24, 2.45) is 5.41 Å². The lowest BCUT2D eigenvalue weighted by Crippen LogP contribution is -2.30. The van der Waals surface area contributed by atoms with E-state index in [9.17, 15) is 4.79 Å². The largest absolute Gasteiger partial charge is 0.491 e. The monoisotopic (exact) mass is 266 g/mol. The second-order valence-electron chi connectivity index (χ2n) is 5.50. The smallest absolute Gasteiger partial charge is 0.312 e. The molecule has 0 amide bonds. The molecule has 0 unspecified atom stereocenters. The minimum absolute atomic E-state index is 0.119. The number of rotatable bonds is 7. The first-order chi connectivity index (χ1) is 8.81. The van der Waals surface area contributed by atoms with Gasteiger partial charge in [-0.15, -0.1) is 0 Å². The van der Waals surface area contributed by atoms with E-state index >= 15 is 0 Å². The van der Waals surface area contributed by atoms with E-state index in [1.807, 2.05) is 12.1 Å². The summed E-state index contributed by atoms with van der Waals surface area (Å²) in [6, 6.07) is 4.09. The van der Waals surface area contributed by atoms with E-state index in [1.54, 1.807) is 20.0 Å². The molecule has 1 heterocycles. The van der Waals surface area contributed by atoms with Crippen molar-refractivity contribution in [2.75, 3.05) is 6.61 Å². The first-order valence-corrected chi connectivity index (χ1v) is 6.36. The van der Waals surface area contributed by atoms with Gasteiger partial charge in [0.2, 0.25) is 0 Å². The predicted octanol–water partition coefficient (Wildman–Crippen LogP) is 2.07. The molecule has 106 valence electrons. The third-order valence-electron chi connectivity index (χ3n) is 2.67. The summed E-state index contributed by atoms with van der Waals surface area (Å²) in [5.74, 6) is -0.291. The molecule has 0 radical (unpaired) electrons. The summed E-state index contributed by atoms with van der Waals surface area (Å²) in [6.07, 6.45) is 1.62. The summed E-state index contributed by atoms with van der Waals surface area (Å²) in [4.78, 5) is 15.2. The van der Waals surface area contributed by atoms with E-state index in [-0.39, 0.29) is 6.61 Å². The topological polar surface area (TPSA) is 71.5 Å². The fraction of sp³-hybridized carbons (Fsp3) is 0.571. The van der Waals surface area contributed by atoms with E-state index in [1.165, 1.54) is 0 Å². The zero-order valence-electron chi connectivity index (χ0n) is 11.9. The molecule has 0 bridgehead atoms. The Balaban J connectivity index is 2.51. The van der Waals surface area contributed by atoms with Gasteiger partial charge in [0, 0.05) is 12.6 Å². The quantitative estimate of drug-likeness (QED) is 0.790. The number of pyridine rings is 1. The second-order valence-corrected chi connectivity index (χ2v) is 5.50. The van der Waals surface area contributed by atoms with Crippen LogP contribution in [0.4, 0.5) is 0 Å². The number of aliphatic carboxylic acids is 1. The molecule has 0 fully saturated rings. The van der Waals surface area contributed by atoms with E-state index < -0.39 is 11.4 Å². The normalized spacial score (nSPS) is 11.6. The van der Waals surface area contributed by atoms with Crippen LogP contribution in [0.3, 0.4) is 0 Å². The lowest BCUT2D eigenvalue weighted by molar-refractivity contribution is -0.148. The van der Waals surface area contributed by atoms with Gasteiger partial charge in [-0.2, -0.15) is 0 Å². The Morgan fingerprint density at radius 1 is 1.47 bits per heavy atom. The number of carbonyl (C=O) groups is 1. The Hall–Kier alpha value is -1.62. The number of carboxylic acid groups (broad SMARTS) is 1. The third-order valence-corrected chi connectivity index (χ3v) is 2.67. The van der Waals surface area contributed by atoms with Crippen molar-refractivity contribution in [2.45, 2.75) is 40.3 Å². The number of nitrogens with zero attached hydrogens (tertiary/aromatic N) is 1. The maximum atomic E-state index is 10.9. The molecule has 1 rings (SSSR count). The average Bonchev–Trinajstić information content (AvgIpc) is 2.35. The van der Waals surface area contributed by atoms with Crippen LogP contribution in [0.25, 0.3) is 0 Å². The maximum Gasteiger partial charge on any atom is 0.312 e. The highest BCUT2D eigenvalue weighted by Gasteiger charge is 2.28. The van der Waals surface area contributed by atoms with Crippen molar-refractivity contribution in [3.63, 3.8) is 0 Å². The summed E-state index contributed by atoms with van der Waals surface area (Å²) in [5, 5.41) is 12.3. The molecule has 1 aromatic heterocycles. The highest BCUT2D eigenvalue weighted by atomic mass is 16.5. The summed E-state index contributed by atoms with van der Waals surface area (Å²) in [7, 11) is 0. The summed E-state index contributed by atoms with van der Waals surface area (Å²) >= 11 is 0. The van der Waals surface area contributed by atoms with Crippen LogP contribution in [0.5, 0.6) is 5.75 Å². The van der Waals surface area contributed by atoms with E-state index in [0.29, 0.717) is 18.3 Å². The number of nitrogens with one attached hydrogen (secondary N) is 1. The molecule has 0 aliphatic carbocycles. The molecule has 0 aliphatic heterocycles. The van der Waals surface area contributed by atoms with Crippen LogP contribution in [0, 0.1) is 5.41 Å². The van der Waals surface area contributed by atoms with Crippen LogP contribution >= 0.6 is 0 Å². The minimum atomic E-state index is -0.905. The molecule has 0 saturated carbocycles. The van der Waals surface area contributed by atoms with Gasteiger partial charge in [0.15, 0.2) is 0 Å².